The van der Waals surface area contributed by atoms with E-state index in [2.05, 4.69) is 28.3 Å². The van der Waals surface area contributed by atoms with E-state index in [4.69, 9.17) is 0 Å². The maximum absolute atomic E-state index is 4.43. The lowest BCUT2D eigenvalue weighted by Gasteiger charge is -2.11. The summed E-state index contributed by atoms with van der Waals surface area (Å²) in [7, 11) is 0. The van der Waals surface area contributed by atoms with Gasteiger partial charge in [-0.25, -0.2) is 9.97 Å². The molecular formula is C16H21N3S. The standard InChI is InChI=1S/C16H21N3S/c1-11(18-10-14-7-8-17-12(2)19-14)16-9-13-5-3-4-6-15(13)20-16/h7-9,11,18H,3-6,10H2,1-2H3. The minimum absolute atomic E-state index is 0.390. The van der Waals surface area contributed by atoms with Gasteiger partial charge in [-0.15, -0.1) is 11.3 Å². The second kappa shape index (κ2) is 6.02. The fraction of sp³-hybridized carbons (Fsp3) is 0.500. The maximum atomic E-state index is 4.43. The van der Waals surface area contributed by atoms with Crippen LogP contribution < -0.4 is 5.32 Å². The topological polar surface area (TPSA) is 37.8 Å². The smallest absolute Gasteiger partial charge is 0.125 e. The Balaban J connectivity index is 1.64. The minimum atomic E-state index is 0.390. The molecule has 0 bridgehead atoms. The van der Waals surface area contributed by atoms with Crippen molar-refractivity contribution < 1.29 is 0 Å². The highest BCUT2D eigenvalue weighted by Crippen LogP contribution is 2.32. The van der Waals surface area contributed by atoms with Crippen molar-refractivity contribution in [3.8, 4) is 0 Å². The first-order valence-electron chi connectivity index (χ1n) is 7.36. The van der Waals surface area contributed by atoms with Gasteiger partial charge in [-0.3, -0.25) is 0 Å². The average Bonchev–Trinajstić information content (AvgIpc) is 2.89. The van der Waals surface area contributed by atoms with Crippen LogP contribution >= 0.6 is 11.3 Å². The highest BCUT2D eigenvalue weighted by atomic mass is 32.1. The summed E-state index contributed by atoms with van der Waals surface area (Å²) in [4.78, 5) is 11.6. The van der Waals surface area contributed by atoms with Gasteiger partial charge < -0.3 is 5.32 Å². The highest BCUT2D eigenvalue weighted by molar-refractivity contribution is 7.12. The van der Waals surface area contributed by atoms with E-state index in [1.807, 2.05) is 30.5 Å². The van der Waals surface area contributed by atoms with Crippen LogP contribution in [-0.2, 0) is 19.4 Å². The van der Waals surface area contributed by atoms with Gasteiger partial charge in [0.1, 0.15) is 5.82 Å². The summed E-state index contributed by atoms with van der Waals surface area (Å²) >= 11 is 1.99. The van der Waals surface area contributed by atoms with Gasteiger partial charge in [0.15, 0.2) is 0 Å². The van der Waals surface area contributed by atoms with Gasteiger partial charge in [-0.1, -0.05) is 0 Å². The lowest BCUT2D eigenvalue weighted by atomic mass is 9.99. The molecule has 4 heteroatoms. The molecule has 0 saturated carbocycles. The zero-order chi connectivity index (χ0) is 13.9. The monoisotopic (exact) mass is 287 g/mol. The number of rotatable bonds is 4. The Labute approximate surface area is 124 Å². The van der Waals surface area contributed by atoms with Crippen molar-refractivity contribution >= 4 is 11.3 Å². The fourth-order valence-electron chi connectivity index (χ4n) is 2.69. The number of nitrogens with one attached hydrogen (secondary N) is 1. The number of aromatic nitrogens is 2. The predicted octanol–water partition coefficient (Wildman–Crippen LogP) is 3.58. The molecule has 1 N–H and O–H groups in total. The third-order valence-corrected chi connectivity index (χ3v) is 5.29. The van der Waals surface area contributed by atoms with E-state index in [-0.39, 0.29) is 0 Å². The summed E-state index contributed by atoms with van der Waals surface area (Å²) in [6, 6.07) is 4.77. The van der Waals surface area contributed by atoms with Crippen LogP contribution in [-0.4, -0.2) is 9.97 Å². The van der Waals surface area contributed by atoms with Crippen molar-refractivity contribution in [1.29, 1.82) is 0 Å². The molecule has 0 aliphatic heterocycles. The molecule has 0 aromatic carbocycles. The van der Waals surface area contributed by atoms with Crippen molar-refractivity contribution in [2.45, 2.75) is 52.1 Å². The molecule has 3 rings (SSSR count). The Kier molecular flexibility index (Phi) is 4.13. The minimum Gasteiger partial charge on any atom is -0.304 e. The number of hydrogen-bond acceptors (Lipinski definition) is 4. The van der Waals surface area contributed by atoms with Crippen LogP contribution in [0.15, 0.2) is 18.3 Å². The van der Waals surface area contributed by atoms with Crippen molar-refractivity contribution in [1.82, 2.24) is 15.3 Å². The molecule has 1 atom stereocenters. The van der Waals surface area contributed by atoms with E-state index in [0.717, 1.165) is 18.1 Å². The Bertz CT molecular complexity index is 568. The van der Waals surface area contributed by atoms with Gasteiger partial charge in [0, 0.05) is 28.5 Å². The van der Waals surface area contributed by atoms with Gasteiger partial charge >= 0.3 is 0 Å². The van der Waals surface area contributed by atoms with Crippen molar-refractivity contribution in [3.63, 3.8) is 0 Å². The first kappa shape index (κ1) is 13.7. The highest BCUT2D eigenvalue weighted by Gasteiger charge is 2.16. The van der Waals surface area contributed by atoms with E-state index in [9.17, 15) is 0 Å². The molecule has 2 aromatic heterocycles. The maximum Gasteiger partial charge on any atom is 0.125 e. The van der Waals surface area contributed by atoms with Crippen LogP contribution in [0.25, 0.3) is 0 Å². The van der Waals surface area contributed by atoms with Crippen LogP contribution in [0.4, 0.5) is 0 Å². The molecular weight excluding hydrogens is 266 g/mol. The summed E-state index contributed by atoms with van der Waals surface area (Å²) in [6.07, 6.45) is 7.08. The van der Waals surface area contributed by atoms with Gasteiger partial charge in [0.05, 0.1) is 5.69 Å². The molecule has 0 radical (unpaired) electrons. The number of aryl methyl sites for hydroxylation is 3. The molecule has 106 valence electrons. The zero-order valence-corrected chi connectivity index (χ0v) is 13.0. The summed E-state index contributed by atoms with van der Waals surface area (Å²) in [5.41, 5.74) is 2.65. The number of hydrogen-bond donors (Lipinski definition) is 1. The third-order valence-electron chi connectivity index (χ3n) is 3.87. The second-order valence-corrected chi connectivity index (χ2v) is 6.67. The molecule has 1 aliphatic rings. The Morgan fingerprint density at radius 3 is 3.00 bits per heavy atom. The van der Waals surface area contributed by atoms with Crippen LogP contribution in [0, 0.1) is 6.92 Å². The SMILES string of the molecule is Cc1nccc(CNC(C)c2cc3c(s2)CCCC3)n1. The van der Waals surface area contributed by atoms with Crippen LogP contribution in [0.5, 0.6) is 0 Å². The molecule has 2 heterocycles. The lowest BCUT2D eigenvalue weighted by molar-refractivity contribution is 0.573. The average molecular weight is 287 g/mol. The van der Waals surface area contributed by atoms with Crippen LogP contribution in [0.1, 0.15) is 52.6 Å². The van der Waals surface area contributed by atoms with E-state index in [0.29, 0.717) is 6.04 Å². The zero-order valence-electron chi connectivity index (χ0n) is 12.1. The number of nitrogens with zero attached hydrogens (tertiary/aromatic N) is 2. The second-order valence-electron chi connectivity index (χ2n) is 5.50. The van der Waals surface area contributed by atoms with Gasteiger partial charge in [0.2, 0.25) is 0 Å². The van der Waals surface area contributed by atoms with Gasteiger partial charge in [-0.05, 0) is 57.2 Å². The van der Waals surface area contributed by atoms with Crippen molar-refractivity contribution in [2.75, 3.05) is 0 Å². The first-order chi connectivity index (χ1) is 9.72. The Hall–Kier alpha value is -1.26. The predicted molar refractivity (Wildman–Crippen MR) is 83.0 cm³/mol. The summed E-state index contributed by atoms with van der Waals surface area (Å²) in [6.45, 7) is 4.97. The van der Waals surface area contributed by atoms with Gasteiger partial charge in [0.25, 0.3) is 0 Å². The number of thiophene rings is 1. The Morgan fingerprint density at radius 2 is 2.20 bits per heavy atom. The van der Waals surface area contributed by atoms with E-state index < -0.39 is 0 Å². The molecule has 0 fully saturated rings. The van der Waals surface area contributed by atoms with E-state index in [1.54, 1.807) is 10.4 Å². The molecule has 3 nitrogen and oxygen atoms in total. The first-order valence-corrected chi connectivity index (χ1v) is 8.17. The molecule has 0 spiro atoms. The largest absolute Gasteiger partial charge is 0.304 e. The van der Waals surface area contributed by atoms with E-state index >= 15 is 0 Å². The van der Waals surface area contributed by atoms with Crippen LogP contribution in [0.2, 0.25) is 0 Å². The summed E-state index contributed by atoms with van der Waals surface area (Å²) in [5.74, 6) is 0.837. The van der Waals surface area contributed by atoms with E-state index in [1.165, 1.54) is 30.6 Å². The summed E-state index contributed by atoms with van der Waals surface area (Å²) < 4.78 is 0. The Morgan fingerprint density at radius 1 is 1.35 bits per heavy atom. The molecule has 20 heavy (non-hydrogen) atoms. The van der Waals surface area contributed by atoms with Crippen molar-refractivity contribution in [2.24, 2.45) is 0 Å². The molecule has 0 saturated heterocycles. The van der Waals surface area contributed by atoms with Gasteiger partial charge in [-0.2, -0.15) is 0 Å². The van der Waals surface area contributed by atoms with Crippen molar-refractivity contribution in [3.05, 3.63) is 45.2 Å². The third kappa shape index (κ3) is 3.07. The lowest BCUT2D eigenvalue weighted by Crippen LogP contribution is -2.18. The molecule has 1 aliphatic carbocycles. The molecule has 1 unspecified atom stereocenters. The molecule has 2 aromatic rings. The fourth-order valence-corrected chi connectivity index (χ4v) is 3.97. The molecule has 0 amide bonds. The quantitative estimate of drug-likeness (QED) is 0.934. The summed E-state index contributed by atoms with van der Waals surface area (Å²) in [5, 5.41) is 3.57. The normalized spacial score (nSPS) is 15.9. The van der Waals surface area contributed by atoms with Crippen LogP contribution in [0.3, 0.4) is 0 Å². The number of fused-ring (bicyclic) bond motifs is 1.